The molecule has 1 fully saturated rings. The number of aliphatic hydroxyl groups is 1. The Balaban J connectivity index is 1.19. The van der Waals surface area contributed by atoms with Crippen molar-refractivity contribution in [1.29, 1.82) is 0 Å². The summed E-state index contributed by atoms with van der Waals surface area (Å²) in [5.74, 6) is 0.314. The van der Waals surface area contributed by atoms with Crippen molar-refractivity contribution in [3.8, 4) is 5.75 Å². The van der Waals surface area contributed by atoms with Crippen molar-refractivity contribution in [3.05, 3.63) is 93.5 Å². The van der Waals surface area contributed by atoms with Crippen LogP contribution in [0.1, 0.15) is 80.6 Å². The van der Waals surface area contributed by atoms with Crippen LogP contribution in [-0.2, 0) is 27.4 Å². The minimum Gasteiger partial charge on any atom is -0.481 e. The van der Waals surface area contributed by atoms with E-state index in [1.54, 1.807) is 29.2 Å². The molecule has 3 aromatic carbocycles. The molecule has 1 aliphatic heterocycles. The first-order valence-corrected chi connectivity index (χ1v) is 18.0. The maximum Gasteiger partial charge on any atom is 0.410 e. The minimum absolute atomic E-state index is 0.0177. The minimum atomic E-state index is -0.755. The molecule has 2 aliphatic rings. The zero-order valence-electron chi connectivity index (χ0n) is 27.8. The van der Waals surface area contributed by atoms with Crippen molar-refractivity contribution in [2.45, 2.75) is 83.0 Å². The largest absolute Gasteiger partial charge is 0.481 e. The van der Waals surface area contributed by atoms with Crippen molar-refractivity contribution >= 4 is 46.8 Å². The Morgan fingerprint density at radius 2 is 1.71 bits per heavy atom. The first-order valence-electron chi connectivity index (χ1n) is 17.2. The normalized spacial score (nSPS) is 15.0. The van der Waals surface area contributed by atoms with Crippen molar-refractivity contribution in [1.82, 2.24) is 9.80 Å². The third kappa shape index (κ3) is 10.6. The molecule has 0 bridgehead atoms. The van der Waals surface area contributed by atoms with Crippen LogP contribution < -0.4 is 10.1 Å². The van der Waals surface area contributed by atoms with Crippen LogP contribution in [0, 0.1) is 0 Å². The Hall–Kier alpha value is -3.79. The van der Waals surface area contributed by atoms with E-state index in [-0.39, 0.29) is 44.0 Å². The number of hydrogen-bond donors (Lipinski definition) is 2. The van der Waals surface area contributed by atoms with E-state index in [9.17, 15) is 19.5 Å². The van der Waals surface area contributed by atoms with Gasteiger partial charge in [-0.1, -0.05) is 91.0 Å². The van der Waals surface area contributed by atoms with Gasteiger partial charge in [-0.05, 0) is 67.9 Å². The third-order valence-corrected chi connectivity index (χ3v) is 9.94. The molecule has 3 aromatic rings. The average molecular weight is 711 g/mol. The van der Waals surface area contributed by atoms with Crippen LogP contribution in [-0.4, -0.2) is 65.1 Å². The summed E-state index contributed by atoms with van der Waals surface area (Å²) in [6.07, 6.45) is 6.69. The number of rotatable bonds is 15. The molecular formula is C38H45Cl2N3O6. The van der Waals surface area contributed by atoms with Gasteiger partial charge in [0, 0.05) is 37.7 Å². The summed E-state index contributed by atoms with van der Waals surface area (Å²) >= 11 is 12.3. The Morgan fingerprint density at radius 1 is 0.918 bits per heavy atom. The Morgan fingerprint density at radius 3 is 2.49 bits per heavy atom. The molecule has 49 heavy (non-hydrogen) atoms. The molecule has 0 saturated heterocycles. The lowest BCUT2D eigenvalue weighted by Gasteiger charge is -2.35. The van der Waals surface area contributed by atoms with Crippen molar-refractivity contribution < 1.29 is 29.0 Å². The standard InChI is InChI=1S/C38H45Cl2N3O6/c39-31-18-17-27(24-32(31)40)19-22-42(38(47)49-25-28-10-3-1-4-11-28)23-20-36(46)43(29-12-5-2-6-13-29)21-8-7-16-34(44)30-14-9-15-33-37(30)48-26-35(45)41-33/h1,3-4,9-11,14-15,17-18,24,29,34,44H,2,5-8,12-13,16,19-23,25-26H2,(H,41,45)/t34-/m1/s1. The fraction of sp³-hybridized carbons (Fsp3) is 0.447. The van der Waals surface area contributed by atoms with E-state index in [1.165, 1.54) is 6.42 Å². The highest BCUT2D eigenvalue weighted by Crippen LogP contribution is 2.37. The highest BCUT2D eigenvalue weighted by Gasteiger charge is 2.27. The van der Waals surface area contributed by atoms with Gasteiger partial charge in [-0.25, -0.2) is 4.79 Å². The van der Waals surface area contributed by atoms with Crippen LogP contribution in [0.3, 0.4) is 0 Å². The molecule has 1 aliphatic carbocycles. The van der Waals surface area contributed by atoms with E-state index in [0.717, 1.165) is 43.2 Å². The second kappa shape index (κ2) is 18.3. The maximum atomic E-state index is 13.9. The number of benzene rings is 3. The number of halogens is 2. The highest BCUT2D eigenvalue weighted by molar-refractivity contribution is 6.42. The van der Waals surface area contributed by atoms with Gasteiger partial charge >= 0.3 is 6.09 Å². The average Bonchev–Trinajstić information content (AvgIpc) is 3.12. The lowest BCUT2D eigenvalue weighted by Crippen LogP contribution is -2.44. The molecular weight excluding hydrogens is 665 g/mol. The van der Waals surface area contributed by atoms with E-state index < -0.39 is 12.2 Å². The van der Waals surface area contributed by atoms with Gasteiger partial charge in [0.1, 0.15) is 12.4 Å². The number of fused-ring (bicyclic) bond motifs is 1. The zero-order valence-corrected chi connectivity index (χ0v) is 29.3. The Kier molecular flexibility index (Phi) is 13.6. The molecule has 1 heterocycles. The van der Waals surface area contributed by atoms with E-state index in [1.807, 2.05) is 47.4 Å². The number of ether oxygens (including phenoxy) is 2. The Bertz CT molecular complexity index is 1570. The number of carbonyl (C=O) groups excluding carboxylic acids is 3. The second-order valence-electron chi connectivity index (χ2n) is 12.7. The number of unbranched alkanes of at least 4 members (excludes halogenated alkanes) is 1. The van der Waals surface area contributed by atoms with Gasteiger partial charge in [0.05, 0.1) is 21.8 Å². The third-order valence-electron chi connectivity index (χ3n) is 9.20. The lowest BCUT2D eigenvalue weighted by atomic mass is 9.93. The smallest absolute Gasteiger partial charge is 0.410 e. The number of anilines is 1. The number of para-hydroxylation sites is 1. The number of nitrogens with zero attached hydrogens (tertiary/aromatic N) is 2. The first kappa shape index (κ1) is 36.5. The molecule has 1 atom stereocenters. The molecule has 0 radical (unpaired) electrons. The summed E-state index contributed by atoms with van der Waals surface area (Å²) < 4.78 is 11.3. The van der Waals surface area contributed by atoms with Gasteiger partial charge in [-0.2, -0.15) is 0 Å². The molecule has 0 unspecified atom stereocenters. The van der Waals surface area contributed by atoms with E-state index in [2.05, 4.69) is 5.32 Å². The molecule has 11 heteroatoms. The van der Waals surface area contributed by atoms with Crippen LogP contribution in [0.25, 0.3) is 0 Å². The first-order chi connectivity index (χ1) is 23.8. The van der Waals surface area contributed by atoms with Crippen LogP contribution in [0.2, 0.25) is 10.0 Å². The summed E-state index contributed by atoms with van der Waals surface area (Å²) in [5.41, 5.74) is 3.03. The number of aliphatic hydroxyl groups excluding tert-OH is 1. The Labute approximate surface area is 298 Å². The SMILES string of the molecule is O=C1COc2c(cccc2[C@H](O)CCCCN(C(=O)CCN(CCc2ccc(Cl)c(Cl)c2)C(=O)OCc2ccccc2)C2CCCCC2)N1. The van der Waals surface area contributed by atoms with Gasteiger partial charge < -0.3 is 29.7 Å². The van der Waals surface area contributed by atoms with Crippen LogP contribution in [0.4, 0.5) is 10.5 Å². The van der Waals surface area contributed by atoms with Gasteiger partial charge in [0.15, 0.2) is 6.61 Å². The fourth-order valence-corrected chi connectivity index (χ4v) is 6.84. The predicted octanol–water partition coefficient (Wildman–Crippen LogP) is 7.96. The lowest BCUT2D eigenvalue weighted by molar-refractivity contribution is -0.134. The van der Waals surface area contributed by atoms with E-state index in [4.69, 9.17) is 32.7 Å². The van der Waals surface area contributed by atoms with Crippen molar-refractivity contribution in [2.75, 3.05) is 31.6 Å². The van der Waals surface area contributed by atoms with Crippen molar-refractivity contribution in [3.63, 3.8) is 0 Å². The van der Waals surface area contributed by atoms with Gasteiger partial charge in [-0.3, -0.25) is 9.59 Å². The summed E-state index contributed by atoms with van der Waals surface area (Å²) in [6, 6.07) is 20.5. The van der Waals surface area contributed by atoms with E-state index >= 15 is 0 Å². The number of amides is 3. The molecule has 2 N–H and O–H groups in total. The molecule has 0 aromatic heterocycles. The van der Waals surface area contributed by atoms with Crippen molar-refractivity contribution in [2.24, 2.45) is 0 Å². The predicted molar refractivity (Wildman–Crippen MR) is 191 cm³/mol. The molecule has 262 valence electrons. The summed E-state index contributed by atoms with van der Waals surface area (Å²) in [5, 5.41) is 14.7. The van der Waals surface area contributed by atoms with E-state index in [0.29, 0.717) is 59.4 Å². The van der Waals surface area contributed by atoms with Gasteiger partial charge in [0.25, 0.3) is 5.91 Å². The van der Waals surface area contributed by atoms with Crippen LogP contribution in [0.15, 0.2) is 66.7 Å². The monoisotopic (exact) mass is 709 g/mol. The molecule has 3 amide bonds. The maximum absolute atomic E-state index is 13.9. The topological polar surface area (TPSA) is 108 Å². The summed E-state index contributed by atoms with van der Waals surface area (Å²) in [4.78, 5) is 42.5. The molecule has 5 rings (SSSR count). The fourth-order valence-electron chi connectivity index (χ4n) is 6.52. The van der Waals surface area contributed by atoms with Gasteiger partial charge in [0.2, 0.25) is 5.91 Å². The summed E-state index contributed by atoms with van der Waals surface area (Å²) in [7, 11) is 0. The quantitative estimate of drug-likeness (QED) is 0.155. The second-order valence-corrected chi connectivity index (χ2v) is 13.5. The highest BCUT2D eigenvalue weighted by atomic mass is 35.5. The molecule has 0 spiro atoms. The number of hydrogen-bond acceptors (Lipinski definition) is 6. The zero-order chi connectivity index (χ0) is 34.6. The van der Waals surface area contributed by atoms with Gasteiger partial charge in [-0.15, -0.1) is 0 Å². The molecule has 1 saturated carbocycles. The van der Waals surface area contributed by atoms with Crippen LogP contribution in [0.5, 0.6) is 5.75 Å². The number of carbonyl (C=O) groups is 3. The number of nitrogens with one attached hydrogen (secondary N) is 1. The summed E-state index contributed by atoms with van der Waals surface area (Å²) in [6.45, 7) is 1.23. The molecule has 9 nitrogen and oxygen atoms in total. The van der Waals surface area contributed by atoms with Crippen LogP contribution >= 0.6 is 23.2 Å².